The van der Waals surface area contributed by atoms with Gasteiger partial charge in [-0.3, -0.25) is 9.59 Å². The summed E-state index contributed by atoms with van der Waals surface area (Å²) in [6, 6.07) is 15.7. The molecule has 170 valence electrons. The van der Waals surface area contributed by atoms with E-state index in [-0.39, 0.29) is 24.5 Å². The van der Waals surface area contributed by atoms with Gasteiger partial charge in [-0.15, -0.1) is 13.2 Å². The van der Waals surface area contributed by atoms with E-state index >= 15 is 0 Å². The lowest BCUT2D eigenvalue weighted by Crippen LogP contribution is -2.17. The lowest BCUT2D eigenvalue weighted by Gasteiger charge is -2.13. The Hall–Kier alpha value is -3.85. The SMILES string of the molecule is O=C(CCCO)c1cccc(-c2ccc3c(c2)C(=O)Nc2cc(OC(F)(F)F)ccc2N3)c1. The molecule has 0 saturated carbocycles. The van der Waals surface area contributed by atoms with Crippen molar-refractivity contribution in [3.63, 3.8) is 0 Å². The average molecular weight is 456 g/mol. The second-order valence-electron chi connectivity index (χ2n) is 7.43. The van der Waals surface area contributed by atoms with Crippen LogP contribution in [0.15, 0.2) is 60.7 Å². The molecule has 3 aromatic rings. The van der Waals surface area contributed by atoms with E-state index < -0.39 is 18.0 Å². The van der Waals surface area contributed by atoms with Gasteiger partial charge in [0.15, 0.2) is 5.78 Å². The minimum Gasteiger partial charge on any atom is -0.406 e. The second kappa shape index (κ2) is 8.95. The molecule has 9 heteroatoms. The van der Waals surface area contributed by atoms with Crippen molar-refractivity contribution < 1.29 is 32.6 Å². The van der Waals surface area contributed by atoms with E-state index in [2.05, 4.69) is 15.4 Å². The van der Waals surface area contributed by atoms with Crippen LogP contribution in [0, 0.1) is 0 Å². The van der Waals surface area contributed by atoms with Crippen LogP contribution >= 0.6 is 0 Å². The number of carbonyl (C=O) groups is 2. The molecule has 3 N–H and O–H groups in total. The molecule has 0 unspecified atom stereocenters. The van der Waals surface area contributed by atoms with Crippen LogP contribution in [0.4, 0.5) is 30.2 Å². The van der Waals surface area contributed by atoms with Gasteiger partial charge in [0, 0.05) is 24.7 Å². The number of fused-ring (bicyclic) bond motifs is 2. The monoisotopic (exact) mass is 456 g/mol. The molecule has 3 aromatic carbocycles. The van der Waals surface area contributed by atoms with E-state index in [1.165, 1.54) is 6.07 Å². The van der Waals surface area contributed by atoms with Crippen LogP contribution < -0.4 is 15.4 Å². The fraction of sp³-hybridized carbons (Fsp3) is 0.167. The van der Waals surface area contributed by atoms with Gasteiger partial charge in [0.2, 0.25) is 0 Å². The van der Waals surface area contributed by atoms with Crippen molar-refractivity contribution >= 4 is 28.8 Å². The number of Topliss-reactive ketones (excluding diaryl/α,β-unsaturated/α-hetero) is 1. The summed E-state index contributed by atoms with van der Waals surface area (Å²) in [6.07, 6.45) is -4.24. The van der Waals surface area contributed by atoms with E-state index in [0.29, 0.717) is 34.5 Å². The molecule has 1 aliphatic heterocycles. The number of hydrogen-bond donors (Lipinski definition) is 3. The number of hydrogen-bond acceptors (Lipinski definition) is 5. The number of rotatable bonds is 6. The Morgan fingerprint density at radius 3 is 2.42 bits per heavy atom. The van der Waals surface area contributed by atoms with Gasteiger partial charge in [-0.1, -0.05) is 24.3 Å². The van der Waals surface area contributed by atoms with E-state index in [4.69, 9.17) is 5.11 Å². The predicted molar refractivity (Wildman–Crippen MR) is 117 cm³/mol. The molecule has 6 nitrogen and oxygen atoms in total. The van der Waals surface area contributed by atoms with Crippen LogP contribution in [-0.2, 0) is 0 Å². The van der Waals surface area contributed by atoms with Gasteiger partial charge in [-0.25, -0.2) is 0 Å². The van der Waals surface area contributed by atoms with Gasteiger partial charge in [-0.05, 0) is 47.9 Å². The molecule has 0 aliphatic carbocycles. The molecule has 0 atom stereocenters. The quantitative estimate of drug-likeness (QED) is 0.426. The number of carbonyl (C=O) groups excluding carboxylic acids is 2. The van der Waals surface area contributed by atoms with Crippen LogP contribution in [0.3, 0.4) is 0 Å². The Bertz CT molecular complexity index is 1220. The Balaban J connectivity index is 1.63. The number of alkyl halides is 3. The molecule has 0 bridgehead atoms. The first-order valence-electron chi connectivity index (χ1n) is 10.1. The maximum Gasteiger partial charge on any atom is 0.573 e. The molecule has 0 saturated heterocycles. The standard InChI is InChI=1S/C24H19F3N2O4/c25-24(26,27)33-17-7-9-20-21(13-17)29-23(32)18-12-15(6-8-19(18)28-20)14-3-1-4-16(11-14)22(31)5-2-10-30/h1,3-4,6-9,11-13,28,30H,2,5,10H2,(H,29,32). The summed E-state index contributed by atoms with van der Waals surface area (Å²) in [6.45, 7) is -0.0649. The third-order valence-corrected chi connectivity index (χ3v) is 5.09. The summed E-state index contributed by atoms with van der Waals surface area (Å²) < 4.78 is 41.5. The van der Waals surface area contributed by atoms with Crippen LogP contribution in [0.5, 0.6) is 5.75 Å². The molecule has 0 radical (unpaired) electrons. The zero-order valence-electron chi connectivity index (χ0n) is 17.2. The van der Waals surface area contributed by atoms with Crippen molar-refractivity contribution in [2.24, 2.45) is 0 Å². The summed E-state index contributed by atoms with van der Waals surface area (Å²) in [5, 5.41) is 14.6. The molecule has 0 fully saturated rings. The minimum atomic E-state index is -4.84. The van der Waals surface area contributed by atoms with Crippen LogP contribution in [0.2, 0.25) is 0 Å². The van der Waals surface area contributed by atoms with Crippen LogP contribution in [-0.4, -0.2) is 29.8 Å². The van der Waals surface area contributed by atoms with E-state index in [1.807, 2.05) is 6.07 Å². The first-order chi connectivity index (χ1) is 15.7. The highest BCUT2D eigenvalue weighted by atomic mass is 19.4. The van der Waals surface area contributed by atoms with Gasteiger partial charge in [0.05, 0.1) is 22.6 Å². The third-order valence-electron chi connectivity index (χ3n) is 5.09. The Labute approximate surface area is 187 Å². The number of halogens is 3. The first kappa shape index (κ1) is 22.3. The molecule has 1 aliphatic rings. The largest absolute Gasteiger partial charge is 0.573 e. The van der Waals surface area contributed by atoms with Gasteiger partial charge in [0.1, 0.15) is 5.75 Å². The molecule has 1 amide bonds. The molecule has 1 heterocycles. The fourth-order valence-corrected chi connectivity index (χ4v) is 3.54. The van der Waals surface area contributed by atoms with Crippen molar-refractivity contribution in [2.45, 2.75) is 19.2 Å². The molecule has 33 heavy (non-hydrogen) atoms. The van der Waals surface area contributed by atoms with Crippen LogP contribution in [0.1, 0.15) is 33.6 Å². The number of ether oxygens (including phenoxy) is 1. The van der Waals surface area contributed by atoms with Gasteiger partial charge in [-0.2, -0.15) is 0 Å². The van der Waals surface area contributed by atoms with Gasteiger partial charge >= 0.3 is 6.36 Å². The fourth-order valence-electron chi connectivity index (χ4n) is 3.54. The highest BCUT2D eigenvalue weighted by molar-refractivity contribution is 6.13. The number of nitrogens with one attached hydrogen (secondary N) is 2. The maximum absolute atomic E-state index is 12.8. The number of anilines is 3. The minimum absolute atomic E-state index is 0.0649. The first-order valence-corrected chi connectivity index (χ1v) is 10.1. The van der Waals surface area contributed by atoms with Crippen LogP contribution in [0.25, 0.3) is 11.1 Å². The molecular formula is C24H19F3N2O4. The van der Waals surface area contributed by atoms with E-state index in [1.54, 1.807) is 36.4 Å². The number of aliphatic hydroxyl groups is 1. The Morgan fingerprint density at radius 2 is 1.67 bits per heavy atom. The molecule has 0 spiro atoms. The van der Waals surface area contributed by atoms with Crippen molar-refractivity contribution in [3.8, 4) is 16.9 Å². The van der Waals surface area contributed by atoms with Crippen molar-refractivity contribution in [1.82, 2.24) is 0 Å². The Morgan fingerprint density at radius 1 is 0.909 bits per heavy atom. The second-order valence-corrected chi connectivity index (χ2v) is 7.43. The summed E-state index contributed by atoms with van der Waals surface area (Å²) in [7, 11) is 0. The number of benzene rings is 3. The summed E-state index contributed by atoms with van der Waals surface area (Å²) >= 11 is 0. The topological polar surface area (TPSA) is 87.7 Å². The molecule has 4 rings (SSSR count). The Kier molecular flexibility index (Phi) is 6.06. The van der Waals surface area contributed by atoms with Gasteiger partial charge < -0.3 is 20.5 Å². The normalized spacial score (nSPS) is 12.7. The lowest BCUT2D eigenvalue weighted by molar-refractivity contribution is -0.274. The van der Waals surface area contributed by atoms with E-state index in [9.17, 15) is 22.8 Å². The van der Waals surface area contributed by atoms with Crippen molar-refractivity contribution in [3.05, 3.63) is 71.8 Å². The predicted octanol–water partition coefficient (Wildman–Crippen LogP) is 5.52. The lowest BCUT2D eigenvalue weighted by atomic mass is 9.97. The van der Waals surface area contributed by atoms with Crippen molar-refractivity contribution in [1.29, 1.82) is 0 Å². The smallest absolute Gasteiger partial charge is 0.406 e. The number of ketones is 1. The maximum atomic E-state index is 12.8. The molecular weight excluding hydrogens is 437 g/mol. The van der Waals surface area contributed by atoms with Gasteiger partial charge in [0.25, 0.3) is 5.91 Å². The van der Waals surface area contributed by atoms with Crippen molar-refractivity contribution in [2.75, 3.05) is 17.2 Å². The number of amides is 1. The zero-order valence-corrected chi connectivity index (χ0v) is 17.2. The molecule has 0 aromatic heterocycles. The highest BCUT2D eigenvalue weighted by Gasteiger charge is 2.31. The summed E-state index contributed by atoms with van der Waals surface area (Å²) in [5.41, 5.74) is 3.26. The summed E-state index contributed by atoms with van der Waals surface area (Å²) in [4.78, 5) is 25.1. The zero-order chi connectivity index (χ0) is 23.6. The highest BCUT2D eigenvalue weighted by Crippen LogP contribution is 2.37. The van der Waals surface area contributed by atoms with E-state index in [0.717, 1.165) is 17.7 Å². The third kappa shape index (κ3) is 5.15. The number of aliphatic hydroxyl groups excluding tert-OH is 1. The average Bonchev–Trinajstić information content (AvgIpc) is 2.91. The summed E-state index contributed by atoms with van der Waals surface area (Å²) in [5.74, 6) is -1.04.